The number of amides is 2. The number of imide groups is 1. The van der Waals surface area contributed by atoms with Gasteiger partial charge >= 0.3 is 0 Å². The average Bonchev–Trinajstić information content (AvgIpc) is 2.88. The summed E-state index contributed by atoms with van der Waals surface area (Å²) >= 11 is 0. The largest absolute Gasteiger partial charge is 0.338 e. The van der Waals surface area contributed by atoms with E-state index >= 15 is 0 Å². The molecule has 1 aromatic carbocycles. The minimum absolute atomic E-state index is 0. The molecule has 1 fully saturated rings. The maximum Gasteiger partial charge on any atom is 0.261 e. The van der Waals surface area contributed by atoms with E-state index in [9.17, 15) is 9.59 Å². The first kappa shape index (κ1) is 17.3. The Labute approximate surface area is 151 Å². The van der Waals surface area contributed by atoms with Crippen molar-refractivity contribution in [1.29, 1.82) is 0 Å². The van der Waals surface area contributed by atoms with Crippen molar-refractivity contribution >= 4 is 30.2 Å². The van der Waals surface area contributed by atoms with E-state index in [4.69, 9.17) is 0 Å². The van der Waals surface area contributed by atoms with E-state index in [0.29, 0.717) is 17.1 Å². The van der Waals surface area contributed by atoms with Crippen LogP contribution in [-0.4, -0.2) is 52.9 Å². The summed E-state index contributed by atoms with van der Waals surface area (Å²) in [6.45, 7) is 3.77. The lowest BCUT2D eigenvalue weighted by Crippen LogP contribution is -2.44. The Morgan fingerprint density at radius 1 is 0.960 bits per heavy atom. The van der Waals surface area contributed by atoms with Gasteiger partial charge in [0.1, 0.15) is 0 Å². The van der Waals surface area contributed by atoms with E-state index in [1.807, 2.05) is 0 Å². The number of hydrogen-bond acceptors (Lipinski definition) is 6. The highest BCUT2D eigenvalue weighted by atomic mass is 35.5. The molecule has 3 heterocycles. The molecule has 0 aliphatic carbocycles. The van der Waals surface area contributed by atoms with Crippen LogP contribution in [0.3, 0.4) is 0 Å². The molecule has 2 aromatic rings. The Hall–Kier alpha value is -2.51. The lowest BCUT2D eigenvalue weighted by atomic mass is 10.1. The Bertz CT molecular complexity index is 755. The molecule has 1 saturated heterocycles. The fourth-order valence-electron chi connectivity index (χ4n) is 3.02. The number of anilines is 1. The number of hydrogen-bond donors (Lipinski definition) is 1. The Morgan fingerprint density at radius 2 is 1.52 bits per heavy atom. The molecule has 2 aliphatic rings. The first-order valence-electron chi connectivity index (χ1n) is 7.96. The highest BCUT2D eigenvalue weighted by Crippen LogP contribution is 2.24. The van der Waals surface area contributed by atoms with Gasteiger partial charge in [-0.2, -0.15) is 0 Å². The molecule has 0 saturated carbocycles. The smallest absolute Gasteiger partial charge is 0.261 e. The SMILES string of the molecule is Cl.O=C1c2ccccc2C(=O)N1Cc1cnc(N2CCNCC2)nc1. The van der Waals surface area contributed by atoms with Gasteiger partial charge in [0.05, 0.1) is 17.7 Å². The number of rotatable bonds is 3. The van der Waals surface area contributed by atoms with Crippen LogP contribution in [-0.2, 0) is 6.54 Å². The monoisotopic (exact) mass is 359 g/mol. The van der Waals surface area contributed by atoms with E-state index in [-0.39, 0.29) is 30.8 Å². The quantitative estimate of drug-likeness (QED) is 0.827. The Balaban J connectivity index is 0.00000182. The molecule has 0 spiro atoms. The number of carbonyl (C=O) groups is 2. The Morgan fingerprint density at radius 3 is 2.08 bits per heavy atom. The van der Waals surface area contributed by atoms with Crippen LogP contribution in [0.15, 0.2) is 36.7 Å². The topological polar surface area (TPSA) is 78.4 Å². The van der Waals surface area contributed by atoms with E-state index < -0.39 is 0 Å². The van der Waals surface area contributed by atoms with Crippen molar-refractivity contribution in [3.05, 3.63) is 53.3 Å². The van der Waals surface area contributed by atoms with Gasteiger partial charge in [0.2, 0.25) is 5.95 Å². The molecule has 4 rings (SSSR count). The second-order valence-electron chi connectivity index (χ2n) is 5.87. The first-order chi connectivity index (χ1) is 11.7. The maximum absolute atomic E-state index is 12.4. The van der Waals surface area contributed by atoms with E-state index in [1.165, 1.54) is 4.90 Å². The fourth-order valence-corrected chi connectivity index (χ4v) is 3.02. The molecule has 2 amide bonds. The van der Waals surface area contributed by atoms with Gasteiger partial charge in [0, 0.05) is 44.1 Å². The number of benzene rings is 1. The van der Waals surface area contributed by atoms with Crippen molar-refractivity contribution < 1.29 is 9.59 Å². The van der Waals surface area contributed by atoms with Crippen molar-refractivity contribution in [2.45, 2.75) is 6.54 Å². The lowest BCUT2D eigenvalue weighted by Gasteiger charge is -2.27. The standard InChI is InChI=1S/C17H17N5O2.ClH/c23-15-13-3-1-2-4-14(13)16(24)22(15)11-12-9-19-17(20-10-12)21-7-5-18-6-8-21;/h1-4,9-10,18H,5-8,11H2;1H. The van der Waals surface area contributed by atoms with Crippen LogP contribution < -0.4 is 10.2 Å². The second kappa shape index (κ2) is 7.16. The molecular formula is C17H18ClN5O2. The first-order valence-corrected chi connectivity index (χ1v) is 7.96. The van der Waals surface area contributed by atoms with Gasteiger partial charge in [-0.3, -0.25) is 14.5 Å². The van der Waals surface area contributed by atoms with Gasteiger partial charge in [0.25, 0.3) is 11.8 Å². The van der Waals surface area contributed by atoms with Crippen molar-refractivity contribution in [3.63, 3.8) is 0 Å². The van der Waals surface area contributed by atoms with E-state index in [2.05, 4.69) is 20.2 Å². The summed E-state index contributed by atoms with van der Waals surface area (Å²) in [6.07, 6.45) is 3.38. The van der Waals surface area contributed by atoms with E-state index in [1.54, 1.807) is 36.7 Å². The third kappa shape index (κ3) is 3.20. The van der Waals surface area contributed by atoms with Crippen molar-refractivity contribution in [2.75, 3.05) is 31.1 Å². The van der Waals surface area contributed by atoms with Crippen LogP contribution in [0.2, 0.25) is 0 Å². The van der Waals surface area contributed by atoms with Crippen LogP contribution in [0, 0.1) is 0 Å². The van der Waals surface area contributed by atoms with Crippen LogP contribution in [0.25, 0.3) is 0 Å². The van der Waals surface area contributed by atoms with Gasteiger partial charge in [0.15, 0.2) is 0 Å². The number of fused-ring (bicyclic) bond motifs is 1. The van der Waals surface area contributed by atoms with Crippen LogP contribution in [0.5, 0.6) is 0 Å². The number of aromatic nitrogens is 2. The third-order valence-electron chi connectivity index (χ3n) is 4.31. The highest BCUT2D eigenvalue weighted by molar-refractivity contribution is 6.21. The van der Waals surface area contributed by atoms with Gasteiger partial charge in [-0.25, -0.2) is 9.97 Å². The summed E-state index contributed by atoms with van der Waals surface area (Å²) < 4.78 is 0. The third-order valence-corrected chi connectivity index (χ3v) is 4.31. The molecular weight excluding hydrogens is 342 g/mol. The highest BCUT2D eigenvalue weighted by Gasteiger charge is 2.35. The molecule has 8 heteroatoms. The Kier molecular flexibility index (Phi) is 4.96. The lowest BCUT2D eigenvalue weighted by molar-refractivity contribution is 0.0642. The van der Waals surface area contributed by atoms with Crippen molar-refractivity contribution in [2.24, 2.45) is 0 Å². The summed E-state index contributed by atoms with van der Waals surface area (Å²) in [6, 6.07) is 6.89. The minimum Gasteiger partial charge on any atom is -0.338 e. The van der Waals surface area contributed by atoms with Crippen LogP contribution >= 0.6 is 12.4 Å². The average molecular weight is 360 g/mol. The van der Waals surface area contributed by atoms with Gasteiger partial charge in [-0.1, -0.05) is 12.1 Å². The second-order valence-corrected chi connectivity index (χ2v) is 5.87. The molecule has 7 nitrogen and oxygen atoms in total. The molecule has 25 heavy (non-hydrogen) atoms. The summed E-state index contributed by atoms with van der Waals surface area (Å²) in [5, 5.41) is 3.28. The molecule has 1 N–H and O–H groups in total. The van der Waals surface area contributed by atoms with Gasteiger partial charge in [-0.15, -0.1) is 12.4 Å². The van der Waals surface area contributed by atoms with Gasteiger partial charge < -0.3 is 10.2 Å². The predicted molar refractivity (Wildman–Crippen MR) is 95.0 cm³/mol. The van der Waals surface area contributed by atoms with Crippen LogP contribution in [0.4, 0.5) is 5.95 Å². The van der Waals surface area contributed by atoms with Crippen LogP contribution in [0.1, 0.15) is 26.3 Å². The predicted octanol–water partition coefficient (Wildman–Crippen LogP) is 1.10. The number of piperazine rings is 1. The number of halogens is 1. The summed E-state index contributed by atoms with van der Waals surface area (Å²) in [4.78, 5) is 36.9. The fraction of sp³-hybridized carbons (Fsp3) is 0.294. The molecule has 0 radical (unpaired) electrons. The molecule has 1 aromatic heterocycles. The molecule has 2 aliphatic heterocycles. The van der Waals surface area contributed by atoms with Crippen molar-refractivity contribution in [3.8, 4) is 0 Å². The molecule has 0 unspecified atom stereocenters. The number of carbonyl (C=O) groups excluding carboxylic acids is 2. The summed E-state index contributed by atoms with van der Waals surface area (Å²) in [5.74, 6) is 0.158. The molecule has 0 atom stereocenters. The minimum atomic E-state index is -0.262. The zero-order chi connectivity index (χ0) is 16.5. The zero-order valence-electron chi connectivity index (χ0n) is 13.5. The zero-order valence-corrected chi connectivity index (χ0v) is 14.3. The maximum atomic E-state index is 12.4. The summed E-state index contributed by atoms with van der Waals surface area (Å²) in [5.41, 5.74) is 1.66. The molecule has 0 bridgehead atoms. The summed E-state index contributed by atoms with van der Waals surface area (Å²) in [7, 11) is 0. The molecule has 130 valence electrons. The normalized spacial score (nSPS) is 16.6. The number of nitrogens with zero attached hydrogens (tertiary/aromatic N) is 4. The number of nitrogens with one attached hydrogen (secondary N) is 1. The van der Waals surface area contributed by atoms with Crippen molar-refractivity contribution in [1.82, 2.24) is 20.2 Å². The van der Waals surface area contributed by atoms with E-state index in [0.717, 1.165) is 31.7 Å². The van der Waals surface area contributed by atoms with Gasteiger partial charge in [-0.05, 0) is 12.1 Å².